The molecule has 0 saturated heterocycles. The largest absolute Gasteiger partial charge is 0.311 e. The highest BCUT2D eigenvalue weighted by molar-refractivity contribution is 7.91. The van der Waals surface area contributed by atoms with Crippen LogP contribution in [0.3, 0.4) is 0 Å². The third-order valence-corrected chi connectivity index (χ3v) is 4.32. The van der Waals surface area contributed by atoms with E-state index in [0.29, 0.717) is 11.4 Å². The first kappa shape index (κ1) is 14.2. The van der Waals surface area contributed by atoms with E-state index in [9.17, 15) is 8.42 Å². The maximum absolute atomic E-state index is 12.1. The van der Waals surface area contributed by atoms with Crippen LogP contribution in [-0.2, 0) is 9.84 Å². The maximum atomic E-state index is 12.1. The minimum Gasteiger partial charge on any atom is -0.311 e. The van der Waals surface area contributed by atoms with Gasteiger partial charge in [-0.3, -0.25) is 0 Å². The van der Waals surface area contributed by atoms with Gasteiger partial charge >= 0.3 is 0 Å². The lowest BCUT2D eigenvalue weighted by atomic mass is 10.1. The van der Waals surface area contributed by atoms with Crippen molar-refractivity contribution in [1.82, 2.24) is 5.32 Å². The van der Waals surface area contributed by atoms with Crippen molar-refractivity contribution in [2.45, 2.75) is 38.1 Å². The Morgan fingerprint density at radius 1 is 1.18 bits per heavy atom. The number of sulfone groups is 1. The third kappa shape index (κ3) is 4.48. The summed E-state index contributed by atoms with van der Waals surface area (Å²) in [6.07, 6.45) is 0. The molecule has 0 saturated carbocycles. The van der Waals surface area contributed by atoms with Crippen molar-refractivity contribution in [2.24, 2.45) is 0 Å². The van der Waals surface area contributed by atoms with Gasteiger partial charge < -0.3 is 5.32 Å². The second-order valence-corrected chi connectivity index (χ2v) is 7.34. The van der Waals surface area contributed by atoms with Crippen molar-refractivity contribution in [1.29, 1.82) is 0 Å². The normalized spacial score (nSPS) is 12.7. The summed E-state index contributed by atoms with van der Waals surface area (Å²) in [5.74, 6) is 0.134. The first-order valence-corrected chi connectivity index (χ1v) is 7.41. The molecular weight excluding hydrogens is 234 g/mol. The summed E-state index contributed by atoms with van der Waals surface area (Å²) in [5, 5.41) is 3.19. The smallest absolute Gasteiger partial charge is 0.179 e. The fourth-order valence-corrected chi connectivity index (χ4v) is 3.01. The summed E-state index contributed by atoms with van der Waals surface area (Å²) in [6, 6.07) is 7.10. The van der Waals surface area contributed by atoms with Crippen molar-refractivity contribution in [3.8, 4) is 0 Å². The van der Waals surface area contributed by atoms with Crippen molar-refractivity contribution in [3.05, 3.63) is 29.8 Å². The summed E-state index contributed by atoms with van der Waals surface area (Å²) in [4.78, 5) is 0.440. The Labute approximate surface area is 104 Å². The number of aryl methyl sites for hydroxylation is 1. The van der Waals surface area contributed by atoms with Crippen LogP contribution in [0.4, 0.5) is 0 Å². The number of hydrogen-bond donors (Lipinski definition) is 1. The number of hydrogen-bond acceptors (Lipinski definition) is 3. The van der Waals surface area contributed by atoms with E-state index < -0.39 is 9.84 Å². The fraction of sp³-hybridized carbons (Fsp3) is 0.538. The zero-order chi connectivity index (χ0) is 13.1. The third-order valence-electron chi connectivity index (χ3n) is 2.45. The van der Waals surface area contributed by atoms with Crippen molar-refractivity contribution < 1.29 is 8.42 Å². The minimum absolute atomic E-state index is 0.0543. The summed E-state index contributed by atoms with van der Waals surface area (Å²) in [5.41, 5.74) is 0.754. The monoisotopic (exact) mass is 255 g/mol. The fourth-order valence-electron chi connectivity index (χ4n) is 1.58. The molecule has 0 spiro atoms. The van der Waals surface area contributed by atoms with Crippen LogP contribution in [0.15, 0.2) is 29.2 Å². The van der Waals surface area contributed by atoms with Crippen LogP contribution in [-0.4, -0.2) is 26.3 Å². The molecule has 0 aliphatic rings. The molecule has 17 heavy (non-hydrogen) atoms. The van der Waals surface area contributed by atoms with Crippen LogP contribution < -0.4 is 5.32 Å². The van der Waals surface area contributed by atoms with Crippen LogP contribution >= 0.6 is 0 Å². The first-order chi connectivity index (χ1) is 7.72. The lowest BCUT2D eigenvalue weighted by Crippen LogP contribution is -2.38. The lowest BCUT2D eigenvalue weighted by molar-refractivity contribution is 0.438. The van der Waals surface area contributed by atoms with E-state index in [-0.39, 0.29) is 11.3 Å². The highest BCUT2D eigenvalue weighted by atomic mass is 32.2. The molecule has 1 rings (SSSR count). The van der Waals surface area contributed by atoms with Crippen LogP contribution in [0.1, 0.15) is 26.3 Å². The summed E-state index contributed by atoms with van der Waals surface area (Å²) < 4.78 is 24.2. The molecule has 0 bridgehead atoms. The maximum Gasteiger partial charge on any atom is 0.179 e. The second-order valence-electron chi connectivity index (χ2n) is 5.26. The molecule has 3 nitrogen and oxygen atoms in total. The van der Waals surface area contributed by atoms with Crippen LogP contribution in [0.25, 0.3) is 0 Å². The Hall–Kier alpha value is -0.870. The summed E-state index contributed by atoms with van der Waals surface area (Å²) in [7, 11) is -3.18. The Kier molecular flexibility index (Phi) is 4.33. The van der Waals surface area contributed by atoms with Gasteiger partial charge in [-0.15, -0.1) is 0 Å². The molecule has 0 atom stereocenters. The molecule has 0 aromatic heterocycles. The molecule has 0 heterocycles. The number of benzene rings is 1. The molecular formula is C13H21NO2S. The van der Waals surface area contributed by atoms with Gasteiger partial charge in [-0.05, 0) is 39.3 Å². The van der Waals surface area contributed by atoms with E-state index in [1.807, 2.05) is 39.8 Å². The number of rotatable bonds is 4. The minimum atomic E-state index is -3.18. The van der Waals surface area contributed by atoms with Gasteiger partial charge in [0, 0.05) is 12.1 Å². The van der Waals surface area contributed by atoms with Crippen molar-refractivity contribution in [2.75, 3.05) is 12.3 Å². The highest BCUT2D eigenvalue weighted by Crippen LogP contribution is 2.15. The Morgan fingerprint density at radius 2 is 1.76 bits per heavy atom. The van der Waals surface area contributed by atoms with E-state index in [0.717, 1.165) is 5.56 Å². The van der Waals surface area contributed by atoms with Crippen LogP contribution in [0.5, 0.6) is 0 Å². The predicted octanol–water partition coefficient (Wildman–Crippen LogP) is 2.16. The van der Waals surface area contributed by atoms with E-state index in [4.69, 9.17) is 0 Å². The Balaban J connectivity index is 2.74. The first-order valence-electron chi connectivity index (χ1n) is 5.76. The second kappa shape index (κ2) is 5.19. The molecule has 1 N–H and O–H groups in total. The molecule has 0 radical (unpaired) electrons. The average molecular weight is 255 g/mol. The molecule has 4 heteroatoms. The molecule has 0 unspecified atom stereocenters. The van der Waals surface area contributed by atoms with Gasteiger partial charge in [0.25, 0.3) is 0 Å². The molecule has 1 aromatic rings. The standard InChI is InChI=1S/C13H21NO2S/c1-11-7-5-6-8-12(11)17(15,16)10-9-14-13(2,3)4/h5-8,14H,9-10H2,1-4H3. The van der Waals surface area contributed by atoms with E-state index in [2.05, 4.69) is 5.32 Å². The van der Waals surface area contributed by atoms with E-state index in [1.165, 1.54) is 0 Å². The van der Waals surface area contributed by atoms with Gasteiger partial charge in [0.1, 0.15) is 0 Å². The molecule has 0 aliphatic carbocycles. The van der Waals surface area contributed by atoms with Crippen LogP contribution in [0.2, 0.25) is 0 Å². The Bertz CT molecular complexity index is 472. The number of nitrogens with one attached hydrogen (secondary N) is 1. The molecule has 0 fully saturated rings. The zero-order valence-corrected chi connectivity index (χ0v) is 11.8. The van der Waals surface area contributed by atoms with E-state index >= 15 is 0 Å². The topological polar surface area (TPSA) is 46.2 Å². The van der Waals surface area contributed by atoms with E-state index in [1.54, 1.807) is 12.1 Å². The van der Waals surface area contributed by atoms with Gasteiger partial charge in [-0.2, -0.15) is 0 Å². The predicted molar refractivity (Wildman–Crippen MR) is 71.0 cm³/mol. The highest BCUT2D eigenvalue weighted by Gasteiger charge is 2.17. The molecule has 1 aromatic carbocycles. The summed E-state index contributed by atoms with van der Waals surface area (Å²) >= 11 is 0. The van der Waals surface area contributed by atoms with Crippen molar-refractivity contribution >= 4 is 9.84 Å². The van der Waals surface area contributed by atoms with Crippen LogP contribution in [0, 0.1) is 6.92 Å². The van der Waals surface area contributed by atoms with Gasteiger partial charge in [-0.1, -0.05) is 18.2 Å². The molecule has 0 amide bonds. The quantitative estimate of drug-likeness (QED) is 0.896. The lowest BCUT2D eigenvalue weighted by Gasteiger charge is -2.20. The molecule has 0 aliphatic heterocycles. The average Bonchev–Trinajstić information content (AvgIpc) is 2.15. The summed E-state index contributed by atoms with van der Waals surface area (Å²) in [6.45, 7) is 8.36. The van der Waals surface area contributed by atoms with Gasteiger partial charge in [0.2, 0.25) is 0 Å². The van der Waals surface area contributed by atoms with Gasteiger partial charge in [0.15, 0.2) is 9.84 Å². The molecule has 96 valence electrons. The SMILES string of the molecule is Cc1ccccc1S(=O)(=O)CCNC(C)(C)C. The Morgan fingerprint density at radius 3 is 2.29 bits per heavy atom. The van der Waals surface area contributed by atoms with Gasteiger partial charge in [0.05, 0.1) is 10.6 Å². The zero-order valence-electron chi connectivity index (χ0n) is 10.9. The van der Waals surface area contributed by atoms with Crippen molar-refractivity contribution in [3.63, 3.8) is 0 Å². The van der Waals surface area contributed by atoms with Gasteiger partial charge in [-0.25, -0.2) is 8.42 Å².